The number of benzene rings is 2. The molecule has 1 amide bonds. The molecule has 3 aromatic rings. The van der Waals surface area contributed by atoms with Crippen LogP contribution in [0.25, 0.3) is 5.69 Å². The normalized spacial score (nSPS) is 16.4. The molecule has 4 rings (SSSR count). The molecule has 2 heterocycles. The van der Waals surface area contributed by atoms with Crippen LogP contribution in [0, 0.1) is 17.5 Å². The van der Waals surface area contributed by atoms with Crippen LogP contribution in [0.2, 0.25) is 0 Å². The number of rotatable bonds is 2. The molecule has 0 spiro atoms. The van der Waals surface area contributed by atoms with Gasteiger partial charge in [-0.25, -0.2) is 18.2 Å². The highest BCUT2D eigenvalue weighted by atomic mass is 19.1. The minimum absolute atomic E-state index is 0.116. The van der Waals surface area contributed by atoms with Gasteiger partial charge in [-0.2, -0.15) is 0 Å². The zero-order chi connectivity index (χ0) is 17.6. The number of amides is 1. The molecule has 25 heavy (non-hydrogen) atoms. The summed E-state index contributed by atoms with van der Waals surface area (Å²) >= 11 is 0. The van der Waals surface area contributed by atoms with Crippen molar-refractivity contribution in [2.24, 2.45) is 0 Å². The van der Waals surface area contributed by atoms with Crippen LogP contribution < -0.4 is 5.32 Å². The SMILES string of the molecule is O=C1CC(c2cccc(F)c2)c2ncn(-c3cc(F)cc(F)c3)c2N1. The Morgan fingerprint density at radius 2 is 1.80 bits per heavy atom. The lowest BCUT2D eigenvalue weighted by Gasteiger charge is -2.23. The average Bonchev–Trinajstić information content (AvgIpc) is 2.96. The van der Waals surface area contributed by atoms with E-state index in [1.54, 1.807) is 12.1 Å². The van der Waals surface area contributed by atoms with Crippen molar-refractivity contribution in [3.63, 3.8) is 0 Å². The summed E-state index contributed by atoms with van der Waals surface area (Å²) in [5.41, 5.74) is 1.34. The third kappa shape index (κ3) is 2.77. The fraction of sp³-hybridized carbons (Fsp3) is 0.111. The summed E-state index contributed by atoms with van der Waals surface area (Å²) in [4.78, 5) is 16.4. The monoisotopic (exact) mass is 343 g/mol. The zero-order valence-electron chi connectivity index (χ0n) is 12.8. The van der Waals surface area contributed by atoms with Crippen LogP contribution in [0.5, 0.6) is 0 Å². The number of nitrogens with zero attached hydrogens (tertiary/aromatic N) is 2. The molecule has 1 N–H and O–H groups in total. The van der Waals surface area contributed by atoms with Crippen LogP contribution in [0.1, 0.15) is 23.6 Å². The summed E-state index contributed by atoms with van der Waals surface area (Å²) in [5, 5.41) is 2.68. The van der Waals surface area contributed by atoms with E-state index in [1.807, 2.05) is 0 Å². The Kier molecular flexibility index (Phi) is 3.56. The van der Waals surface area contributed by atoms with Crippen LogP contribution in [0.3, 0.4) is 0 Å². The number of hydrogen-bond donors (Lipinski definition) is 1. The minimum atomic E-state index is -0.735. The van der Waals surface area contributed by atoms with Gasteiger partial charge in [0.05, 0.1) is 11.4 Å². The summed E-state index contributed by atoms with van der Waals surface area (Å²) in [6, 6.07) is 9.01. The van der Waals surface area contributed by atoms with E-state index >= 15 is 0 Å². The molecule has 1 aliphatic rings. The van der Waals surface area contributed by atoms with Crippen LogP contribution in [-0.4, -0.2) is 15.5 Å². The predicted molar refractivity (Wildman–Crippen MR) is 85.0 cm³/mol. The number of carbonyl (C=O) groups is 1. The molecular weight excluding hydrogens is 331 g/mol. The lowest BCUT2D eigenvalue weighted by atomic mass is 9.90. The predicted octanol–water partition coefficient (Wildman–Crippen LogP) is 3.76. The van der Waals surface area contributed by atoms with E-state index in [-0.39, 0.29) is 18.0 Å². The Balaban J connectivity index is 1.84. The number of hydrogen-bond acceptors (Lipinski definition) is 2. The van der Waals surface area contributed by atoms with Crippen molar-refractivity contribution >= 4 is 11.7 Å². The van der Waals surface area contributed by atoms with Crippen molar-refractivity contribution < 1.29 is 18.0 Å². The highest BCUT2D eigenvalue weighted by Gasteiger charge is 2.31. The van der Waals surface area contributed by atoms with Gasteiger partial charge >= 0.3 is 0 Å². The quantitative estimate of drug-likeness (QED) is 0.770. The second-order valence-corrected chi connectivity index (χ2v) is 5.84. The fourth-order valence-electron chi connectivity index (χ4n) is 3.08. The third-order valence-corrected chi connectivity index (χ3v) is 4.15. The number of imidazole rings is 1. The lowest BCUT2D eigenvalue weighted by Crippen LogP contribution is -2.25. The van der Waals surface area contributed by atoms with E-state index in [1.165, 1.54) is 23.0 Å². The highest BCUT2D eigenvalue weighted by Crippen LogP contribution is 2.37. The Morgan fingerprint density at radius 3 is 2.52 bits per heavy atom. The first-order chi connectivity index (χ1) is 12.0. The van der Waals surface area contributed by atoms with Crippen molar-refractivity contribution in [2.45, 2.75) is 12.3 Å². The molecular formula is C18H12F3N3O. The molecule has 1 aromatic heterocycles. The molecule has 126 valence electrons. The molecule has 2 aromatic carbocycles. The maximum absolute atomic E-state index is 13.5. The number of nitrogens with one attached hydrogen (secondary N) is 1. The van der Waals surface area contributed by atoms with Crippen LogP contribution >= 0.6 is 0 Å². The molecule has 7 heteroatoms. The van der Waals surface area contributed by atoms with Crippen molar-refractivity contribution in [1.82, 2.24) is 9.55 Å². The van der Waals surface area contributed by atoms with Crippen molar-refractivity contribution in [3.8, 4) is 5.69 Å². The van der Waals surface area contributed by atoms with E-state index in [0.29, 0.717) is 17.1 Å². The third-order valence-electron chi connectivity index (χ3n) is 4.15. The maximum atomic E-state index is 13.5. The number of halogens is 3. The first kappa shape index (κ1) is 15.4. The summed E-state index contributed by atoms with van der Waals surface area (Å²) in [5.74, 6) is -2.26. The van der Waals surface area contributed by atoms with Gasteiger partial charge in [-0.1, -0.05) is 12.1 Å². The number of aromatic nitrogens is 2. The second kappa shape index (κ2) is 5.77. The molecule has 0 bridgehead atoms. The molecule has 1 atom stereocenters. The maximum Gasteiger partial charge on any atom is 0.226 e. The highest BCUT2D eigenvalue weighted by molar-refractivity contribution is 5.94. The van der Waals surface area contributed by atoms with E-state index in [4.69, 9.17) is 0 Å². The molecule has 4 nitrogen and oxygen atoms in total. The van der Waals surface area contributed by atoms with E-state index in [2.05, 4.69) is 10.3 Å². The molecule has 0 saturated heterocycles. The number of fused-ring (bicyclic) bond motifs is 1. The van der Waals surface area contributed by atoms with Crippen LogP contribution in [0.4, 0.5) is 19.0 Å². The van der Waals surface area contributed by atoms with Crippen molar-refractivity contribution in [2.75, 3.05) is 5.32 Å². The molecule has 0 aliphatic carbocycles. The Hall–Kier alpha value is -3.09. The van der Waals surface area contributed by atoms with Gasteiger partial charge in [-0.05, 0) is 29.8 Å². The van der Waals surface area contributed by atoms with Gasteiger partial charge in [-0.3, -0.25) is 9.36 Å². The number of carbonyl (C=O) groups excluding carboxylic acids is 1. The fourth-order valence-corrected chi connectivity index (χ4v) is 3.08. The summed E-state index contributed by atoms with van der Waals surface area (Å²) in [6.45, 7) is 0. The van der Waals surface area contributed by atoms with Gasteiger partial charge in [0, 0.05) is 18.4 Å². The molecule has 1 unspecified atom stereocenters. The topological polar surface area (TPSA) is 46.9 Å². The molecule has 0 saturated carbocycles. The second-order valence-electron chi connectivity index (χ2n) is 5.84. The number of anilines is 1. The smallest absolute Gasteiger partial charge is 0.226 e. The molecule has 0 radical (unpaired) electrons. The Bertz CT molecular complexity index is 963. The molecule has 0 fully saturated rings. The van der Waals surface area contributed by atoms with Gasteiger partial charge in [0.25, 0.3) is 0 Å². The first-order valence-electron chi connectivity index (χ1n) is 7.60. The van der Waals surface area contributed by atoms with E-state index in [0.717, 1.165) is 18.2 Å². The summed E-state index contributed by atoms with van der Waals surface area (Å²) in [6.07, 6.45) is 1.50. The Morgan fingerprint density at radius 1 is 1.04 bits per heavy atom. The van der Waals surface area contributed by atoms with Crippen molar-refractivity contribution in [1.29, 1.82) is 0 Å². The average molecular weight is 343 g/mol. The van der Waals surface area contributed by atoms with Gasteiger partial charge in [0.15, 0.2) is 0 Å². The van der Waals surface area contributed by atoms with Crippen molar-refractivity contribution in [3.05, 3.63) is 77.5 Å². The minimum Gasteiger partial charge on any atom is -0.310 e. The van der Waals surface area contributed by atoms with Gasteiger partial charge in [0.1, 0.15) is 29.6 Å². The van der Waals surface area contributed by atoms with Gasteiger partial charge < -0.3 is 5.32 Å². The summed E-state index contributed by atoms with van der Waals surface area (Å²) < 4.78 is 42.0. The first-order valence-corrected chi connectivity index (χ1v) is 7.60. The van der Waals surface area contributed by atoms with Crippen LogP contribution in [-0.2, 0) is 4.79 Å². The molecule has 1 aliphatic heterocycles. The Labute approximate surface area is 140 Å². The zero-order valence-corrected chi connectivity index (χ0v) is 12.8. The van der Waals surface area contributed by atoms with Gasteiger partial charge in [0.2, 0.25) is 5.91 Å². The van der Waals surface area contributed by atoms with Gasteiger partial charge in [-0.15, -0.1) is 0 Å². The standard InChI is InChI=1S/C18H12F3N3O/c19-11-3-1-2-10(4-11)15-8-16(25)23-18-17(15)22-9-24(18)14-6-12(20)5-13(21)7-14/h1-7,9,15H,8H2,(H,23,25). The summed E-state index contributed by atoms with van der Waals surface area (Å²) in [7, 11) is 0. The van der Waals surface area contributed by atoms with E-state index < -0.39 is 23.4 Å². The van der Waals surface area contributed by atoms with Crippen LogP contribution in [0.15, 0.2) is 48.8 Å². The van der Waals surface area contributed by atoms with E-state index in [9.17, 15) is 18.0 Å². The lowest BCUT2D eigenvalue weighted by molar-refractivity contribution is -0.116. The largest absolute Gasteiger partial charge is 0.310 e.